The first kappa shape index (κ1) is 21.2. The predicted octanol–water partition coefficient (Wildman–Crippen LogP) is 4.41. The summed E-state index contributed by atoms with van der Waals surface area (Å²) in [7, 11) is 3.80. The summed E-state index contributed by atoms with van der Waals surface area (Å²) >= 11 is 1.67. The number of rotatable bonds is 3. The number of nitrogen functional groups attached to an aromatic ring is 1. The van der Waals surface area contributed by atoms with Crippen LogP contribution in [0.3, 0.4) is 0 Å². The van der Waals surface area contributed by atoms with Gasteiger partial charge in [-0.05, 0) is 49.9 Å². The van der Waals surface area contributed by atoms with Crippen molar-refractivity contribution in [2.24, 2.45) is 7.05 Å². The van der Waals surface area contributed by atoms with Gasteiger partial charge in [0.2, 0.25) is 0 Å². The Balaban J connectivity index is 1.34. The van der Waals surface area contributed by atoms with Crippen molar-refractivity contribution in [2.45, 2.75) is 44.9 Å². The molecule has 34 heavy (non-hydrogen) atoms. The zero-order valence-electron chi connectivity index (χ0n) is 19.4. The molecule has 4 aromatic rings. The Hall–Kier alpha value is -3.30. The molecule has 0 saturated heterocycles. The van der Waals surface area contributed by atoms with Crippen LogP contribution in [0.1, 0.15) is 64.0 Å². The van der Waals surface area contributed by atoms with E-state index in [-0.39, 0.29) is 18.1 Å². The van der Waals surface area contributed by atoms with E-state index < -0.39 is 0 Å². The first-order valence-electron chi connectivity index (χ1n) is 11.5. The zero-order valence-corrected chi connectivity index (χ0v) is 20.2. The molecule has 2 unspecified atom stereocenters. The maximum atomic E-state index is 13.6. The Morgan fingerprint density at radius 2 is 2.18 bits per heavy atom. The quantitative estimate of drug-likeness (QED) is 0.472. The molecular weight excluding hydrogens is 448 g/mol. The van der Waals surface area contributed by atoms with Crippen molar-refractivity contribution in [1.82, 2.24) is 24.6 Å². The van der Waals surface area contributed by atoms with E-state index in [0.29, 0.717) is 18.0 Å². The Kier molecular flexibility index (Phi) is 4.93. The van der Waals surface area contributed by atoms with Gasteiger partial charge in [-0.2, -0.15) is 5.10 Å². The molecule has 1 aromatic carbocycles. The molecule has 6 rings (SSSR count). The third-order valence-electron chi connectivity index (χ3n) is 6.96. The van der Waals surface area contributed by atoms with Crippen LogP contribution < -0.4 is 5.73 Å². The van der Waals surface area contributed by atoms with E-state index in [4.69, 9.17) is 15.5 Å². The largest absolute Gasteiger partial charge is 0.383 e. The van der Waals surface area contributed by atoms with Crippen molar-refractivity contribution in [1.29, 1.82) is 0 Å². The summed E-state index contributed by atoms with van der Waals surface area (Å²) in [6, 6.07) is 5.68. The lowest BCUT2D eigenvalue weighted by Crippen LogP contribution is -2.32. The minimum atomic E-state index is -0.0880. The number of pyridine rings is 1. The van der Waals surface area contributed by atoms with Gasteiger partial charge in [0.15, 0.2) is 0 Å². The number of nitrogens with two attached hydrogens (primary N) is 1. The average molecular weight is 475 g/mol. The van der Waals surface area contributed by atoms with E-state index >= 15 is 0 Å². The molecule has 0 saturated carbocycles. The van der Waals surface area contributed by atoms with Crippen LogP contribution in [-0.4, -0.2) is 37.6 Å². The van der Waals surface area contributed by atoms with Crippen LogP contribution in [0.2, 0.25) is 0 Å². The fraction of sp³-hybridized carbons (Fsp3) is 0.360. The van der Waals surface area contributed by atoms with E-state index in [9.17, 15) is 4.79 Å². The number of carbonyl (C=O) groups excluding carboxylic acids is 1. The molecule has 4 heterocycles. The van der Waals surface area contributed by atoms with Crippen LogP contribution >= 0.6 is 11.3 Å². The highest BCUT2D eigenvalue weighted by molar-refractivity contribution is 7.15. The first-order chi connectivity index (χ1) is 16.4. The van der Waals surface area contributed by atoms with Crippen molar-refractivity contribution in [3.63, 3.8) is 0 Å². The van der Waals surface area contributed by atoms with Crippen LogP contribution in [-0.2, 0) is 24.8 Å². The number of thiazole rings is 1. The van der Waals surface area contributed by atoms with Gasteiger partial charge in [0.05, 0.1) is 41.0 Å². The fourth-order valence-electron chi connectivity index (χ4n) is 5.17. The number of benzene rings is 1. The van der Waals surface area contributed by atoms with Gasteiger partial charge in [0.1, 0.15) is 10.8 Å². The Morgan fingerprint density at radius 1 is 1.32 bits per heavy atom. The van der Waals surface area contributed by atoms with Gasteiger partial charge in [-0.3, -0.25) is 9.48 Å². The summed E-state index contributed by atoms with van der Waals surface area (Å²) in [5.41, 5.74) is 11.7. The standard InChI is InChI=1S/C25H26N6O2S/c1-13-21-17(12-33-13)16-9-14(7-8-18(16)28-23(21)26)25(32)31(3)20-6-4-5-19-22(20)34-24(29-19)15-10-27-30(2)11-15/h7-11,13,20H,4-6,12H2,1-3H3,(H2,26,28). The summed E-state index contributed by atoms with van der Waals surface area (Å²) < 4.78 is 7.59. The monoisotopic (exact) mass is 474 g/mol. The number of amides is 1. The van der Waals surface area contributed by atoms with Gasteiger partial charge >= 0.3 is 0 Å². The van der Waals surface area contributed by atoms with Crippen molar-refractivity contribution in [2.75, 3.05) is 12.8 Å². The molecule has 1 aliphatic heterocycles. The van der Waals surface area contributed by atoms with Gasteiger partial charge in [0.25, 0.3) is 5.91 Å². The Labute approximate surface area is 201 Å². The van der Waals surface area contributed by atoms with Gasteiger partial charge in [-0.15, -0.1) is 11.3 Å². The van der Waals surface area contributed by atoms with E-state index in [1.54, 1.807) is 16.0 Å². The molecule has 1 aliphatic carbocycles. The van der Waals surface area contributed by atoms with Crippen LogP contribution in [0.4, 0.5) is 5.82 Å². The lowest BCUT2D eigenvalue weighted by Gasteiger charge is -2.30. The molecule has 1 amide bonds. The highest BCUT2D eigenvalue weighted by Crippen LogP contribution is 2.41. The highest BCUT2D eigenvalue weighted by atomic mass is 32.1. The molecule has 2 N–H and O–H groups in total. The minimum Gasteiger partial charge on any atom is -0.383 e. The fourth-order valence-corrected chi connectivity index (χ4v) is 6.43. The number of carbonyl (C=O) groups is 1. The first-order valence-corrected chi connectivity index (χ1v) is 12.3. The number of aryl methyl sites for hydroxylation is 2. The molecule has 9 heteroatoms. The number of fused-ring (bicyclic) bond motifs is 4. The highest BCUT2D eigenvalue weighted by Gasteiger charge is 2.32. The van der Waals surface area contributed by atoms with Crippen molar-refractivity contribution < 1.29 is 9.53 Å². The predicted molar refractivity (Wildman–Crippen MR) is 131 cm³/mol. The second-order valence-electron chi connectivity index (χ2n) is 9.13. The molecule has 0 spiro atoms. The maximum absolute atomic E-state index is 13.6. The Bertz CT molecular complexity index is 1440. The van der Waals surface area contributed by atoms with Crippen LogP contribution in [0, 0.1) is 0 Å². The number of ether oxygens (including phenoxy) is 1. The molecule has 174 valence electrons. The smallest absolute Gasteiger partial charge is 0.254 e. The van der Waals surface area contributed by atoms with E-state index in [1.807, 2.05) is 56.5 Å². The van der Waals surface area contributed by atoms with E-state index in [1.165, 1.54) is 4.88 Å². The molecule has 2 aliphatic rings. The molecule has 3 aromatic heterocycles. The molecule has 0 fully saturated rings. The van der Waals surface area contributed by atoms with Crippen molar-refractivity contribution in [3.8, 4) is 10.6 Å². The second kappa shape index (κ2) is 7.89. The summed E-state index contributed by atoms with van der Waals surface area (Å²) in [5, 5.41) is 6.18. The normalized spacial score (nSPS) is 19.3. The number of aromatic nitrogens is 4. The third kappa shape index (κ3) is 3.30. The van der Waals surface area contributed by atoms with Gasteiger partial charge < -0.3 is 15.4 Å². The van der Waals surface area contributed by atoms with E-state index in [2.05, 4.69) is 10.1 Å². The van der Waals surface area contributed by atoms with Crippen LogP contribution in [0.5, 0.6) is 0 Å². The molecule has 0 radical (unpaired) electrons. The third-order valence-corrected chi connectivity index (χ3v) is 8.20. The molecular formula is C25H26N6O2S. The zero-order chi connectivity index (χ0) is 23.6. The second-order valence-corrected chi connectivity index (χ2v) is 10.2. The van der Waals surface area contributed by atoms with Crippen molar-refractivity contribution in [3.05, 3.63) is 57.9 Å². The maximum Gasteiger partial charge on any atom is 0.254 e. The molecule has 8 nitrogen and oxygen atoms in total. The minimum absolute atomic E-state index is 0.00591. The lowest BCUT2D eigenvalue weighted by molar-refractivity contribution is 0.0718. The number of hydrogen-bond donors (Lipinski definition) is 1. The lowest BCUT2D eigenvalue weighted by atomic mass is 9.96. The summed E-state index contributed by atoms with van der Waals surface area (Å²) in [6.45, 7) is 2.46. The number of nitrogens with zero attached hydrogens (tertiary/aromatic N) is 5. The van der Waals surface area contributed by atoms with E-state index in [0.717, 1.165) is 57.6 Å². The summed E-state index contributed by atoms with van der Waals surface area (Å²) in [4.78, 5) is 26.1. The molecule has 2 atom stereocenters. The van der Waals surface area contributed by atoms with Crippen LogP contribution in [0.15, 0.2) is 30.6 Å². The SMILES string of the molecule is CC1OCc2c1c(N)nc1ccc(C(=O)N(C)C3CCCc4nc(-c5cnn(C)c5)sc43)cc21. The molecule has 0 bridgehead atoms. The number of anilines is 1. The van der Waals surface area contributed by atoms with Crippen LogP contribution in [0.25, 0.3) is 21.5 Å². The summed E-state index contributed by atoms with van der Waals surface area (Å²) in [6.07, 6.45) is 6.61. The average Bonchev–Trinajstić information content (AvgIpc) is 3.56. The summed E-state index contributed by atoms with van der Waals surface area (Å²) in [5.74, 6) is 0.502. The van der Waals surface area contributed by atoms with Gasteiger partial charge in [-0.25, -0.2) is 9.97 Å². The topological polar surface area (TPSA) is 99.2 Å². The Morgan fingerprint density at radius 3 is 2.97 bits per heavy atom. The number of hydrogen-bond acceptors (Lipinski definition) is 7. The van der Waals surface area contributed by atoms with Gasteiger partial charge in [-0.1, -0.05) is 0 Å². The van der Waals surface area contributed by atoms with Gasteiger partial charge in [0, 0.05) is 42.4 Å². The van der Waals surface area contributed by atoms with Crippen molar-refractivity contribution >= 4 is 34.0 Å².